The van der Waals surface area contributed by atoms with Crippen molar-refractivity contribution in [3.8, 4) is 0 Å². The average Bonchev–Trinajstić information content (AvgIpc) is 3.18. The van der Waals surface area contributed by atoms with Crippen LogP contribution in [0, 0.1) is 0 Å². The van der Waals surface area contributed by atoms with Gasteiger partial charge >= 0.3 is 5.97 Å². The van der Waals surface area contributed by atoms with E-state index in [9.17, 15) is 28.8 Å². The molecule has 1 heterocycles. The van der Waals surface area contributed by atoms with E-state index in [2.05, 4.69) is 5.32 Å². The molecule has 5 rings (SSSR count). The van der Waals surface area contributed by atoms with Crippen molar-refractivity contribution < 1.29 is 33.5 Å². The molecule has 0 saturated carbocycles. The van der Waals surface area contributed by atoms with Gasteiger partial charge in [-0.1, -0.05) is 37.6 Å². The predicted molar refractivity (Wildman–Crippen MR) is 140 cm³/mol. The molecular formula is C30H24N2O7. The first-order valence-corrected chi connectivity index (χ1v) is 12.6. The van der Waals surface area contributed by atoms with E-state index >= 15 is 0 Å². The first kappa shape index (κ1) is 25.7. The third-order valence-corrected chi connectivity index (χ3v) is 6.79. The number of benzene rings is 3. The molecule has 0 aromatic heterocycles. The quantitative estimate of drug-likeness (QED) is 0.286. The normalized spacial score (nSPS) is 14.5. The lowest BCUT2D eigenvalue weighted by molar-refractivity contribution is -0.123. The zero-order chi connectivity index (χ0) is 27.8. The fourth-order valence-corrected chi connectivity index (χ4v) is 4.64. The number of imide groups is 1. The van der Waals surface area contributed by atoms with E-state index in [4.69, 9.17) is 4.74 Å². The molecule has 0 radical (unpaired) electrons. The Hall–Kier alpha value is -4.92. The number of rotatable bonds is 7. The number of ether oxygens (including phenoxy) is 1. The lowest BCUT2D eigenvalue weighted by Gasteiger charge is -2.19. The number of nitrogens with zero attached hydrogens (tertiary/aromatic N) is 1. The van der Waals surface area contributed by atoms with E-state index in [1.165, 1.54) is 43.3 Å². The van der Waals surface area contributed by atoms with E-state index in [0.717, 1.165) is 11.3 Å². The molecule has 1 N–H and O–H groups in total. The Morgan fingerprint density at radius 3 is 2.10 bits per heavy atom. The highest BCUT2D eigenvalue weighted by atomic mass is 16.5. The van der Waals surface area contributed by atoms with Gasteiger partial charge in [0, 0.05) is 34.5 Å². The van der Waals surface area contributed by atoms with Gasteiger partial charge in [-0.2, -0.15) is 0 Å². The monoisotopic (exact) mass is 524 g/mol. The minimum atomic E-state index is -1.22. The average molecular weight is 525 g/mol. The van der Waals surface area contributed by atoms with E-state index in [0.29, 0.717) is 24.1 Å². The standard InChI is InChI=1S/C30H24N2O7/c1-3-4-13-32-28(36)22-11-9-17(14-24(22)29(32)37)30(38)39-16(2)27(35)31-18-10-12-21-23(15-18)26(34)20-8-6-5-7-19(20)25(21)33/h5-12,14-16H,3-4,13H2,1-2H3,(H,31,35)/t16-/m1/s1. The van der Waals surface area contributed by atoms with Crippen molar-refractivity contribution in [1.29, 1.82) is 0 Å². The molecule has 3 aromatic carbocycles. The predicted octanol–water partition coefficient (Wildman–Crippen LogP) is 4.04. The van der Waals surface area contributed by atoms with Crippen molar-refractivity contribution in [2.24, 2.45) is 0 Å². The smallest absolute Gasteiger partial charge is 0.338 e. The summed E-state index contributed by atoms with van der Waals surface area (Å²) in [7, 11) is 0. The number of unbranched alkanes of at least 4 members (excludes halogenated alkanes) is 1. The van der Waals surface area contributed by atoms with E-state index < -0.39 is 29.8 Å². The molecule has 3 amide bonds. The Bertz CT molecular complexity index is 1590. The molecule has 9 heteroatoms. The summed E-state index contributed by atoms with van der Waals surface area (Å²) in [5.41, 5.74) is 1.68. The Morgan fingerprint density at radius 1 is 0.795 bits per heavy atom. The largest absolute Gasteiger partial charge is 0.449 e. The highest BCUT2D eigenvalue weighted by Gasteiger charge is 2.36. The van der Waals surface area contributed by atoms with Crippen molar-refractivity contribution in [3.05, 3.63) is 99.6 Å². The summed E-state index contributed by atoms with van der Waals surface area (Å²) in [4.78, 5) is 77.6. The molecule has 1 atom stereocenters. The SMILES string of the molecule is CCCCN1C(=O)c2ccc(C(=O)O[C@H](C)C(=O)Nc3ccc4c(c3)C(=O)c3ccccc3C4=O)cc2C1=O. The van der Waals surface area contributed by atoms with Gasteiger partial charge in [0.1, 0.15) is 0 Å². The van der Waals surface area contributed by atoms with E-state index in [1.54, 1.807) is 24.3 Å². The topological polar surface area (TPSA) is 127 Å². The number of anilines is 1. The number of amides is 3. The van der Waals surface area contributed by atoms with Crippen molar-refractivity contribution in [2.75, 3.05) is 11.9 Å². The first-order valence-electron chi connectivity index (χ1n) is 12.6. The molecule has 3 aromatic rings. The molecule has 9 nitrogen and oxygen atoms in total. The van der Waals surface area contributed by atoms with Crippen LogP contribution in [0.3, 0.4) is 0 Å². The molecule has 1 aliphatic carbocycles. The third-order valence-electron chi connectivity index (χ3n) is 6.79. The summed E-state index contributed by atoms with van der Waals surface area (Å²) in [6.45, 7) is 3.63. The lowest BCUT2D eigenvalue weighted by atomic mass is 9.84. The maximum absolute atomic E-state index is 12.9. The van der Waals surface area contributed by atoms with Crippen LogP contribution < -0.4 is 5.32 Å². The number of carbonyl (C=O) groups is 6. The van der Waals surface area contributed by atoms with Gasteiger partial charge in [0.2, 0.25) is 0 Å². The van der Waals surface area contributed by atoms with Crippen molar-refractivity contribution in [3.63, 3.8) is 0 Å². The van der Waals surface area contributed by atoms with Gasteiger partial charge in [-0.3, -0.25) is 28.9 Å². The number of carbonyl (C=O) groups excluding carboxylic acids is 6. The maximum Gasteiger partial charge on any atom is 0.338 e. The molecule has 2 aliphatic rings. The summed E-state index contributed by atoms with van der Waals surface area (Å²) in [6, 6.07) is 15.0. The van der Waals surface area contributed by atoms with Crippen LogP contribution in [0.15, 0.2) is 60.7 Å². The number of nitrogens with one attached hydrogen (secondary N) is 1. The zero-order valence-corrected chi connectivity index (χ0v) is 21.3. The second-order valence-electron chi connectivity index (χ2n) is 9.38. The van der Waals surface area contributed by atoms with Crippen LogP contribution in [0.1, 0.15) is 89.6 Å². The summed E-state index contributed by atoms with van der Waals surface area (Å²) in [6.07, 6.45) is 0.270. The highest BCUT2D eigenvalue weighted by molar-refractivity contribution is 6.28. The number of ketones is 2. The summed E-state index contributed by atoms with van der Waals surface area (Å²) >= 11 is 0. The molecule has 39 heavy (non-hydrogen) atoms. The molecule has 0 fully saturated rings. The fourth-order valence-electron chi connectivity index (χ4n) is 4.64. The molecule has 196 valence electrons. The van der Waals surface area contributed by atoms with Gasteiger partial charge in [-0.15, -0.1) is 0 Å². The van der Waals surface area contributed by atoms with Crippen molar-refractivity contribution in [1.82, 2.24) is 4.90 Å². The molecule has 0 saturated heterocycles. The minimum Gasteiger partial charge on any atom is -0.449 e. The van der Waals surface area contributed by atoms with Gasteiger partial charge < -0.3 is 10.1 Å². The Labute approximate surface area is 223 Å². The Balaban J connectivity index is 1.27. The Morgan fingerprint density at radius 2 is 1.41 bits per heavy atom. The molecule has 0 spiro atoms. The number of esters is 1. The summed E-state index contributed by atoms with van der Waals surface area (Å²) < 4.78 is 5.30. The number of hydrogen-bond acceptors (Lipinski definition) is 7. The van der Waals surface area contributed by atoms with Gasteiger partial charge in [0.25, 0.3) is 17.7 Å². The zero-order valence-electron chi connectivity index (χ0n) is 21.3. The molecule has 1 aliphatic heterocycles. The van der Waals surface area contributed by atoms with Crippen LogP contribution in [0.5, 0.6) is 0 Å². The van der Waals surface area contributed by atoms with Crippen molar-refractivity contribution in [2.45, 2.75) is 32.8 Å². The first-order chi connectivity index (χ1) is 18.7. The van der Waals surface area contributed by atoms with Crippen LogP contribution in [0.2, 0.25) is 0 Å². The fraction of sp³-hybridized carbons (Fsp3) is 0.200. The minimum absolute atomic E-state index is 0.0310. The summed E-state index contributed by atoms with van der Waals surface area (Å²) in [5, 5.41) is 2.60. The van der Waals surface area contributed by atoms with E-state index in [1.807, 2.05) is 6.92 Å². The van der Waals surface area contributed by atoms with Crippen LogP contribution in [0.25, 0.3) is 0 Å². The molecule has 0 unspecified atom stereocenters. The van der Waals surface area contributed by atoms with Crippen LogP contribution in [-0.2, 0) is 9.53 Å². The third kappa shape index (κ3) is 4.52. The Kier molecular flexibility index (Phi) is 6.66. The number of hydrogen-bond donors (Lipinski definition) is 1. The van der Waals surface area contributed by atoms with Gasteiger partial charge in [-0.25, -0.2) is 4.79 Å². The maximum atomic E-state index is 12.9. The second-order valence-corrected chi connectivity index (χ2v) is 9.38. The molecule has 0 bridgehead atoms. The summed E-state index contributed by atoms with van der Waals surface area (Å²) in [5.74, 6) is -2.96. The van der Waals surface area contributed by atoms with Gasteiger partial charge in [0.15, 0.2) is 17.7 Å². The highest BCUT2D eigenvalue weighted by Crippen LogP contribution is 2.29. The van der Waals surface area contributed by atoms with Crippen LogP contribution in [-0.4, -0.2) is 52.8 Å². The molecular weight excluding hydrogens is 500 g/mol. The van der Waals surface area contributed by atoms with Crippen LogP contribution >= 0.6 is 0 Å². The van der Waals surface area contributed by atoms with Gasteiger partial charge in [0.05, 0.1) is 16.7 Å². The van der Waals surface area contributed by atoms with Crippen LogP contribution in [0.4, 0.5) is 5.69 Å². The van der Waals surface area contributed by atoms with Gasteiger partial charge in [-0.05, 0) is 49.7 Å². The van der Waals surface area contributed by atoms with Crippen molar-refractivity contribution >= 4 is 40.9 Å². The van der Waals surface area contributed by atoms with E-state index in [-0.39, 0.29) is 45.1 Å². The number of fused-ring (bicyclic) bond motifs is 3. The second kappa shape index (κ2) is 10.1. The lowest BCUT2D eigenvalue weighted by Crippen LogP contribution is -2.30.